The van der Waals surface area contributed by atoms with Gasteiger partial charge >= 0.3 is 0 Å². The van der Waals surface area contributed by atoms with Crippen LogP contribution in [0.15, 0.2) is 54.7 Å². The van der Waals surface area contributed by atoms with Crippen molar-refractivity contribution < 1.29 is 9.59 Å². The lowest BCUT2D eigenvalue weighted by atomic mass is 9.98. The first-order chi connectivity index (χ1) is 14.9. The Bertz CT molecular complexity index is 1090. The number of benzene rings is 2. The fourth-order valence-electron chi connectivity index (χ4n) is 3.12. The number of hydrogen-bond donors (Lipinski definition) is 4. The van der Waals surface area contributed by atoms with Gasteiger partial charge in [-0.25, -0.2) is 4.98 Å². The molecule has 1 heterocycles. The monoisotopic (exact) mass is 435 g/mol. The average Bonchev–Trinajstić information content (AvgIpc) is 3.29. The maximum Gasteiger partial charge on any atom is 0.269 e. The van der Waals surface area contributed by atoms with Crippen LogP contribution in [0, 0.1) is 5.41 Å². The van der Waals surface area contributed by atoms with Gasteiger partial charge in [0.25, 0.3) is 11.8 Å². The molecule has 0 fully saturated rings. The summed E-state index contributed by atoms with van der Waals surface area (Å²) in [6, 6.07) is 15.2. The second-order valence-corrected chi connectivity index (χ2v) is 8.17. The Morgan fingerprint density at radius 3 is 2.61 bits per heavy atom. The van der Waals surface area contributed by atoms with Gasteiger partial charge in [0.2, 0.25) is 0 Å². The van der Waals surface area contributed by atoms with Crippen LogP contribution in [0.25, 0.3) is 10.6 Å². The SMILES string of the molecule is CNC(=O)C(=N)c1ccc(-c2ncc(C(=O)NCCC(C)c3ccccc3)s2)cc1N. The molecule has 1 unspecified atom stereocenters. The van der Waals surface area contributed by atoms with E-state index in [9.17, 15) is 9.59 Å². The van der Waals surface area contributed by atoms with Crippen molar-refractivity contribution in [1.29, 1.82) is 5.41 Å². The molecule has 2 aromatic carbocycles. The third-order valence-electron chi connectivity index (χ3n) is 4.98. The summed E-state index contributed by atoms with van der Waals surface area (Å²) in [7, 11) is 1.46. The first kappa shape index (κ1) is 22.2. The summed E-state index contributed by atoms with van der Waals surface area (Å²) in [6.45, 7) is 2.72. The number of aromatic nitrogens is 1. The Balaban J connectivity index is 1.62. The number of carbonyl (C=O) groups excluding carboxylic acids is 2. The number of amides is 2. The number of likely N-dealkylation sites (N-methyl/N-ethyl adjacent to an activating group) is 1. The Morgan fingerprint density at radius 2 is 1.94 bits per heavy atom. The van der Waals surface area contributed by atoms with Crippen LogP contribution in [0.3, 0.4) is 0 Å². The summed E-state index contributed by atoms with van der Waals surface area (Å²) >= 11 is 1.27. The summed E-state index contributed by atoms with van der Waals surface area (Å²) in [6.07, 6.45) is 2.39. The van der Waals surface area contributed by atoms with Crippen LogP contribution in [-0.4, -0.2) is 36.1 Å². The van der Waals surface area contributed by atoms with E-state index in [0.29, 0.717) is 33.6 Å². The van der Waals surface area contributed by atoms with Gasteiger partial charge in [0.15, 0.2) is 0 Å². The molecule has 0 aliphatic heterocycles. The highest BCUT2D eigenvalue weighted by Gasteiger charge is 2.16. The van der Waals surface area contributed by atoms with E-state index >= 15 is 0 Å². The van der Waals surface area contributed by atoms with E-state index in [-0.39, 0.29) is 11.6 Å². The highest BCUT2D eigenvalue weighted by atomic mass is 32.1. The third kappa shape index (κ3) is 5.35. The van der Waals surface area contributed by atoms with Gasteiger partial charge in [0, 0.05) is 30.4 Å². The number of nitrogens with zero attached hydrogens (tertiary/aromatic N) is 1. The minimum atomic E-state index is -0.505. The molecule has 7 nitrogen and oxygen atoms in total. The highest BCUT2D eigenvalue weighted by Crippen LogP contribution is 2.28. The molecular formula is C23H25N5O2S. The van der Waals surface area contributed by atoms with Crippen LogP contribution in [0.1, 0.15) is 40.1 Å². The van der Waals surface area contributed by atoms with Crippen molar-refractivity contribution in [2.45, 2.75) is 19.3 Å². The smallest absolute Gasteiger partial charge is 0.269 e. The van der Waals surface area contributed by atoms with Crippen LogP contribution < -0.4 is 16.4 Å². The number of carbonyl (C=O) groups is 2. The summed E-state index contributed by atoms with van der Waals surface area (Å²) < 4.78 is 0. The molecule has 0 aliphatic carbocycles. The summed E-state index contributed by atoms with van der Waals surface area (Å²) in [5.74, 6) is -0.308. The third-order valence-corrected chi connectivity index (χ3v) is 6.03. The Kier molecular flexibility index (Phi) is 7.15. The number of anilines is 1. The predicted molar refractivity (Wildman–Crippen MR) is 125 cm³/mol. The van der Waals surface area contributed by atoms with E-state index in [0.717, 1.165) is 12.0 Å². The topological polar surface area (TPSA) is 121 Å². The van der Waals surface area contributed by atoms with Crippen molar-refractivity contribution in [3.63, 3.8) is 0 Å². The van der Waals surface area contributed by atoms with E-state index in [2.05, 4.69) is 34.7 Å². The van der Waals surface area contributed by atoms with Gasteiger partial charge in [-0.15, -0.1) is 11.3 Å². The first-order valence-corrected chi connectivity index (χ1v) is 10.7. The maximum atomic E-state index is 12.5. The maximum absolute atomic E-state index is 12.5. The Labute approximate surface area is 185 Å². The highest BCUT2D eigenvalue weighted by molar-refractivity contribution is 7.16. The van der Waals surface area contributed by atoms with E-state index in [1.54, 1.807) is 24.4 Å². The lowest BCUT2D eigenvalue weighted by molar-refractivity contribution is -0.114. The molecule has 2 amide bonds. The minimum Gasteiger partial charge on any atom is -0.398 e. The number of nitrogens with one attached hydrogen (secondary N) is 3. The van der Waals surface area contributed by atoms with Gasteiger partial charge in [-0.3, -0.25) is 15.0 Å². The zero-order valence-corrected chi connectivity index (χ0v) is 18.3. The van der Waals surface area contributed by atoms with Crippen LogP contribution in [0.2, 0.25) is 0 Å². The molecule has 8 heteroatoms. The van der Waals surface area contributed by atoms with Gasteiger partial charge < -0.3 is 16.4 Å². The molecule has 160 valence electrons. The van der Waals surface area contributed by atoms with Gasteiger partial charge in [-0.1, -0.05) is 43.3 Å². The minimum absolute atomic E-state index is 0.157. The zero-order chi connectivity index (χ0) is 22.4. The van der Waals surface area contributed by atoms with E-state index < -0.39 is 5.91 Å². The standard InChI is InChI=1S/C23H25N5O2S/c1-14(15-6-4-3-5-7-15)10-11-27-21(29)19-13-28-23(31-19)16-8-9-17(18(24)12-16)20(25)22(30)26-2/h3-9,12-14,25H,10-11,24H2,1-2H3,(H,26,30)(H,27,29). The first-order valence-electron chi connectivity index (χ1n) is 9.90. The van der Waals surface area contributed by atoms with Crippen LogP contribution in [0.4, 0.5) is 5.69 Å². The van der Waals surface area contributed by atoms with E-state index in [1.165, 1.54) is 23.9 Å². The molecular weight excluding hydrogens is 410 g/mol. The van der Waals surface area contributed by atoms with Crippen molar-refractivity contribution in [1.82, 2.24) is 15.6 Å². The molecule has 31 heavy (non-hydrogen) atoms. The second-order valence-electron chi connectivity index (χ2n) is 7.14. The molecule has 0 saturated heterocycles. The van der Waals surface area contributed by atoms with Crippen molar-refractivity contribution in [3.8, 4) is 10.6 Å². The van der Waals surface area contributed by atoms with Crippen molar-refractivity contribution in [2.75, 3.05) is 19.3 Å². The van der Waals surface area contributed by atoms with Crippen LogP contribution >= 0.6 is 11.3 Å². The lowest BCUT2D eigenvalue weighted by Gasteiger charge is -2.12. The molecule has 0 spiro atoms. The quantitative estimate of drug-likeness (QED) is 0.320. The summed E-state index contributed by atoms with van der Waals surface area (Å²) in [4.78, 5) is 29.0. The van der Waals surface area contributed by atoms with Gasteiger partial charge in [0.05, 0.1) is 6.20 Å². The van der Waals surface area contributed by atoms with Crippen molar-refractivity contribution in [3.05, 3.63) is 70.7 Å². The van der Waals surface area contributed by atoms with Crippen LogP contribution in [0.5, 0.6) is 0 Å². The molecule has 0 aliphatic rings. The fraction of sp³-hybridized carbons (Fsp3) is 0.217. The zero-order valence-electron chi connectivity index (χ0n) is 17.4. The average molecular weight is 436 g/mol. The van der Waals surface area contributed by atoms with Gasteiger partial charge in [-0.2, -0.15) is 0 Å². The summed E-state index contributed by atoms with van der Waals surface area (Å²) in [5, 5.41) is 13.9. The molecule has 1 aromatic heterocycles. The van der Waals surface area contributed by atoms with E-state index in [4.69, 9.17) is 11.1 Å². The number of nitrogens with two attached hydrogens (primary N) is 1. The molecule has 0 saturated carbocycles. The summed E-state index contributed by atoms with van der Waals surface area (Å²) in [5.41, 5.74) is 8.48. The molecule has 3 rings (SSSR count). The Morgan fingerprint density at radius 1 is 1.19 bits per heavy atom. The number of rotatable bonds is 8. The normalized spacial score (nSPS) is 11.5. The van der Waals surface area contributed by atoms with Crippen molar-refractivity contribution in [2.24, 2.45) is 0 Å². The molecule has 1 atom stereocenters. The lowest BCUT2D eigenvalue weighted by Crippen LogP contribution is -2.28. The number of hydrogen-bond acceptors (Lipinski definition) is 6. The number of thiazole rings is 1. The predicted octanol–water partition coefficient (Wildman–Crippen LogP) is 3.43. The Hall–Kier alpha value is -3.52. The molecule has 0 bridgehead atoms. The number of nitrogen functional groups attached to an aromatic ring is 1. The van der Waals surface area contributed by atoms with Crippen LogP contribution in [-0.2, 0) is 4.79 Å². The van der Waals surface area contributed by atoms with Gasteiger partial charge in [-0.05, 0) is 30.0 Å². The second kappa shape index (κ2) is 9.99. The largest absolute Gasteiger partial charge is 0.398 e. The van der Waals surface area contributed by atoms with Gasteiger partial charge in [0.1, 0.15) is 15.6 Å². The molecule has 5 N–H and O–H groups in total. The fourth-order valence-corrected chi connectivity index (χ4v) is 3.95. The molecule has 0 radical (unpaired) electrons. The van der Waals surface area contributed by atoms with Crippen molar-refractivity contribution >= 4 is 34.6 Å². The van der Waals surface area contributed by atoms with E-state index in [1.807, 2.05) is 18.2 Å². The molecule has 3 aromatic rings.